The zero-order valence-electron chi connectivity index (χ0n) is 12.3. The maximum atomic E-state index is 5.54. The van der Waals surface area contributed by atoms with Crippen molar-refractivity contribution >= 4 is 0 Å². The Hall–Kier alpha value is -1.30. The fourth-order valence-electron chi connectivity index (χ4n) is 3.79. The van der Waals surface area contributed by atoms with Crippen LogP contribution in [0.4, 0.5) is 0 Å². The van der Waals surface area contributed by atoms with E-state index in [2.05, 4.69) is 53.0 Å². The van der Waals surface area contributed by atoms with Gasteiger partial charge in [0.25, 0.3) is 0 Å². The lowest BCUT2D eigenvalue weighted by Gasteiger charge is -2.46. The Labute approximate surface area is 122 Å². The first-order valence-corrected chi connectivity index (χ1v) is 7.78. The van der Waals surface area contributed by atoms with Crippen LogP contribution in [0.15, 0.2) is 30.3 Å². The van der Waals surface area contributed by atoms with Gasteiger partial charge in [0.2, 0.25) is 0 Å². The van der Waals surface area contributed by atoms with E-state index in [9.17, 15) is 0 Å². The molecule has 2 aliphatic rings. The van der Waals surface area contributed by atoms with Crippen LogP contribution in [0.1, 0.15) is 37.8 Å². The highest BCUT2D eigenvalue weighted by atomic mass is 15.3. The second kappa shape index (κ2) is 5.99. The van der Waals surface area contributed by atoms with Crippen molar-refractivity contribution in [3.05, 3.63) is 35.9 Å². The SMILES string of the molecule is C#CCC(C)N1CC2CCCN2CC1c1ccccc1. The van der Waals surface area contributed by atoms with Crippen LogP contribution in [0, 0.1) is 12.3 Å². The quantitative estimate of drug-likeness (QED) is 0.778. The molecule has 0 bridgehead atoms. The van der Waals surface area contributed by atoms with Crippen molar-refractivity contribution in [2.24, 2.45) is 0 Å². The summed E-state index contributed by atoms with van der Waals surface area (Å²) in [6.07, 6.45) is 9.08. The summed E-state index contributed by atoms with van der Waals surface area (Å²) in [5, 5.41) is 0. The van der Waals surface area contributed by atoms with Crippen LogP contribution < -0.4 is 0 Å². The monoisotopic (exact) mass is 268 g/mol. The smallest absolute Gasteiger partial charge is 0.0479 e. The van der Waals surface area contributed by atoms with Crippen molar-refractivity contribution in [2.75, 3.05) is 19.6 Å². The number of benzene rings is 1. The van der Waals surface area contributed by atoms with Gasteiger partial charge in [0.1, 0.15) is 0 Å². The fourth-order valence-corrected chi connectivity index (χ4v) is 3.79. The van der Waals surface area contributed by atoms with Crippen LogP contribution in [0.3, 0.4) is 0 Å². The molecule has 1 aromatic rings. The minimum Gasteiger partial charge on any atom is -0.297 e. The van der Waals surface area contributed by atoms with Crippen LogP contribution in [0.5, 0.6) is 0 Å². The largest absolute Gasteiger partial charge is 0.297 e. The van der Waals surface area contributed by atoms with Crippen LogP contribution in [0.2, 0.25) is 0 Å². The number of piperazine rings is 1. The molecule has 1 aromatic carbocycles. The molecule has 0 aromatic heterocycles. The Kier molecular flexibility index (Phi) is 4.10. The van der Waals surface area contributed by atoms with Gasteiger partial charge >= 0.3 is 0 Å². The minimum atomic E-state index is 0.466. The molecule has 106 valence electrons. The summed E-state index contributed by atoms with van der Waals surface area (Å²) in [6.45, 7) is 5.87. The molecule has 0 saturated carbocycles. The standard InChI is InChI=1S/C18H24N2/c1-3-8-15(2)20-13-17-11-7-12-19(17)14-18(20)16-9-5-4-6-10-16/h1,4-6,9-10,15,17-18H,7-8,11-14H2,2H3. The number of terminal acetylenes is 1. The van der Waals surface area contributed by atoms with E-state index in [0.29, 0.717) is 12.1 Å². The number of hydrogen-bond donors (Lipinski definition) is 0. The molecule has 2 nitrogen and oxygen atoms in total. The van der Waals surface area contributed by atoms with Gasteiger partial charge in [-0.1, -0.05) is 30.3 Å². The Bertz CT molecular complexity index is 476. The maximum Gasteiger partial charge on any atom is 0.0479 e. The lowest BCUT2D eigenvalue weighted by molar-refractivity contribution is 0.0254. The highest BCUT2D eigenvalue weighted by molar-refractivity contribution is 5.21. The molecule has 20 heavy (non-hydrogen) atoms. The molecular weight excluding hydrogens is 244 g/mol. The minimum absolute atomic E-state index is 0.466. The third-order valence-electron chi connectivity index (χ3n) is 4.89. The molecule has 0 spiro atoms. The first-order chi connectivity index (χ1) is 9.79. The molecule has 2 heteroatoms. The summed E-state index contributed by atoms with van der Waals surface area (Å²) in [6, 6.07) is 12.6. The number of nitrogens with zero attached hydrogens (tertiary/aromatic N) is 2. The van der Waals surface area contributed by atoms with Crippen molar-refractivity contribution in [3.63, 3.8) is 0 Å². The second-order valence-corrected chi connectivity index (χ2v) is 6.17. The van der Waals surface area contributed by atoms with Crippen LogP contribution in [-0.2, 0) is 0 Å². The van der Waals surface area contributed by atoms with Gasteiger partial charge in [0.05, 0.1) is 0 Å². The van der Waals surface area contributed by atoms with Crippen molar-refractivity contribution in [1.29, 1.82) is 0 Å². The van der Waals surface area contributed by atoms with E-state index < -0.39 is 0 Å². The molecule has 0 aliphatic carbocycles. The predicted octanol–water partition coefficient (Wildman–Crippen LogP) is 2.92. The first kappa shape index (κ1) is 13.7. The zero-order valence-corrected chi connectivity index (χ0v) is 12.3. The molecular formula is C18H24N2. The lowest BCUT2D eigenvalue weighted by Crippen LogP contribution is -2.54. The Morgan fingerprint density at radius 1 is 1.30 bits per heavy atom. The predicted molar refractivity (Wildman–Crippen MR) is 83.4 cm³/mol. The van der Waals surface area contributed by atoms with Crippen LogP contribution in [0.25, 0.3) is 0 Å². The molecule has 0 radical (unpaired) electrons. The van der Waals surface area contributed by atoms with Gasteiger partial charge in [0.15, 0.2) is 0 Å². The van der Waals surface area contributed by atoms with E-state index in [1.165, 1.54) is 31.5 Å². The summed E-state index contributed by atoms with van der Waals surface area (Å²) in [5.74, 6) is 2.84. The Morgan fingerprint density at radius 3 is 2.85 bits per heavy atom. The second-order valence-electron chi connectivity index (χ2n) is 6.17. The van der Waals surface area contributed by atoms with Gasteiger partial charge in [-0.05, 0) is 31.9 Å². The number of hydrogen-bond acceptors (Lipinski definition) is 2. The van der Waals surface area contributed by atoms with E-state index in [4.69, 9.17) is 6.42 Å². The highest BCUT2D eigenvalue weighted by Crippen LogP contribution is 2.34. The molecule has 3 atom stereocenters. The van der Waals surface area contributed by atoms with Crippen molar-refractivity contribution in [1.82, 2.24) is 9.80 Å². The molecule has 0 amide bonds. The number of fused-ring (bicyclic) bond motifs is 1. The fraction of sp³-hybridized carbons (Fsp3) is 0.556. The first-order valence-electron chi connectivity index (χ1n) is 7.78. The molecule has 2 aliphatic heterocycles. The number of rotatable bonds is 3. The van der Waals surface area contributed by atoms with Gasteiger partial charge < -0.3 is 0 Å². The van der Waals surface area contributed by atoms with E-state index in [1.807, 2.05) is 0 Å². The van der Waals surface area contributed by atoms with E-state index in [0.717, 1.165) is 19.0 Å². The average Bonchev–Trinajstić information content (AvgIpc) is 2.94. The van der Waals surface area contributed by atoms with Crippen LogP contribution >= 0.6 is 0 Å². The van der Waals surface area contributed by atoms with Crippen molar-refractivity contribution in [3.8, 4) is 12.3 Å². The van der Waals surface area contributed by atoms with Gasteiger partial charge in [-0.3, -0.25) is 9.80 Å². The Morgan fingerprint density at radius 2 is 2.10 bits per heavy atom. The molecule has 2 saturated heterocycles. The molecule has 2 fully saturated rings. The highest BCUT2D eigenvalue weighted by Gasteiger charge is 2.38. The van der Waals surface area contributed by atoms with Crippen LogP contribution in [-0.4, -0.2) is 41.5 Å². The zero-order chi connectivity index (χ0) is 13.9. The van der Waals surface area contributed by atoms with E-state index in [-0.39, 0.29) is 0 Å². The molecule has 3 unspecified atom stereocenters. The summed E-state index contributed by atoms with van der Waals surface area (Å²) in [5.41, 5.74) is 1.43. The van der Waals surface area contributed by atoms with E-state index in [1.54, 1.807) is 0 Å². The van der Waals surface area contributed by atoms with Gasteiger partial charge in [-0.15, -0.1) is 12.3 Å². The summed E-state index contributed by atoms with van der Waals surface area (Å²) in [7, 11) is 0. The van der Waals surface area contributed by atoms with Crippen molar-refractivity contribution in [2.45, 2.75) is 44.3 Å². The summed E-state index contributed by atoms with van der Waals surface area (Å²) < 4.78 is 0. The lowest BCUT2D eigenvalue weighted by atomic mass is 9.97. The molecule has 2 heterocycles. The van der Waals surface area contributed by atoms with E-state index >= 15 is 0 Å². The molecule has 3 rings (SSSR count). The third-order valence-corrected chi connectivity index (χ3v) is 4.89. The normalized spacial score (nSPS) is 28.8. The summed E-state index contributed by atoms with van der Waals surface area (Å²) >= 11 is 0. The van der Waals surface area contributed by atoms with Gasteiger partial charge in [-0.25, -0.2) is 0 Å². The average molecular weight is 268 g/mol. The van der Waals surface area contributed by atoms with Gasteiger partial charge in [0, 0.05) is 37.6 Å². The van der Waals surface area contributed by atoms with Crippen molar-refractivity contribution < 1.29 is 0 Å². The topological polar surface area (TPSA) is 6.48 Å². The third kappa shape index (κ3) is 2.61. The molecule has 0 N–H and O–H groups in total. The summed E-state index contributed by atoms with van der Waals surface area (Å²) in [4.78, 5) is 5.32. The Balaban J connectivity index is 1.85. The maximum absolute atomic E-state index is 5.54. The van der Waals surface area contributed by atoms with Gasteiger partial charge in [-0.2, -0.15) is 0 Å².